The Hall–Kier alpha value is -2.03. The molecule has 0 bridgehead atoms. The number of alkyl halides is 3. The van der Waals surface area contributed by atoms with Gasteiger partial charge >= 0.3 is 6.18 Å². The fraction of sp³-hybridized carbons (Fsp3) is 0.632. The predicted molar refractivity (Wildman–Crippen MR) is 92.4 cm³/mol. The molecule has 0 amide bonds. The van der Waals surface area contributed by atoms with Gasteiger partial charge < -0.3 is 14.0 Å². The maximum absolute atomic E-state index is 13.1. The molecule has 2 heterocycles. The summed E-state index contributed by atoms with van der Waals surface area (Å²) in [7, 11) is 3.21. The zero-order valence-electron chi connectivity index (χ0n) is 15.4. The van der Waals surface area contributed by atoms with Crippen molar-refractivity contribution in [1.29, 1.82) is 0 Å². The number of imidazole rings is 1. The molecule has 0 aliphatic heterocycles. The number of nitrogens with zero attached hydrogens (tertiary/aromatic N) is 4. The molecule has 0 atom stereocenters. The second-order valence-corrected chi connectivity index (χ2v) is 9.40. The van der Waals surface area contributed by atoms with Crippen molar-refractivity contribution in [1.82, 2.24) is 19.5 Å². The van der Waals surface area contributed by atoms with E-state index < -0.39 is 11.9 Å². The molecule has 0 N–H and O–H groups in total. The van der Waals surface area contributed by atoms with Crippen LogP contribution in [0.1, 0.15) is 11.5 Å². The van der Waals surface area contributed by atoms with Crippen molar-refractivity contribution in [3.63, 3.8) is 0 Å². The first-order valence-electron chi connectivity index (χ1n) is 9.58. The molecule has 2 aromatic rings. The minimum absolute atomic E-state index is 0.101. The third-order valence-corrected chi connectivity index (χ3v) is 8.95. The molecule has 0 unspecified atom stereocenters. The highest BCUT2D eigenvalue weighted by Gasteiger charge is 3.10. The van der Waals surface area contributed by atoms with Crippen molar-refractivity contribution in [2.75, 3.05) is 13.7 Å². The van der Waals surface area contributed by atoms with E-state index in [1.807, 2.05) is 0 Å². The summed E-state index contributed by atoms with van der Waals surface area (Å²) in [6, 6.07) is 0. The molecule has 0 spiro atoms. The molecule has 152 valence electrons. The molecular formula is C19H16ClF3N4O2. The van der Waals surface area contributed by atoms with E-state index in [2.05, 4.69) is 15.0 Å². The van der Waals surface area contributed by atoms with E-state index in [1.165, 1.54) is 13.3 Å². The Bertz CT molecular complexity index is 1050. The summed E-state index contributed by atoms with van der Waals surface area (Å²) in [6.45, 7) is 0.546. The van der Waals surface area contributed by atoms with Crippen molar-refractivity contribution in [3.8, 4) is 11.6 Å². The Morgan fingerprint density at radius 1 is 1.14 bits per heavy atom. The largest absolute Gasteiger partial charge is 0.490 e. The fourth-order valence-electron chi connectivity index (χ4n) is 8.26. The van der Waals surface area contributed by atoms with Crippen molar-refractivity contribution in [2.24, 2.45) is 48.0 Å². The molecule has 6 fully saturated rings. The van der Waals surface area contributed by atoms with Gasteiger partial charge in [-0.2, -0.15) is 18.2 Å². The number of halogens is 4. The van der Waals surface area contributed by atoms with Gasteiger partial charge in [-0.25, -0.2) is 9.97 Å². The summed E-state index contributed by atoms with van der Waals surface area (Å²) in [5.41, 5.74) is -0.743. The molecule has 0 radical (unpaired) electrons. The summed E-state index contributed by atoms with van der Waals surface area (Å²) in [6.07, 6.45) is -1.79. The van der Waals surface area contributed by atoms with Gasteiger partial charge in [-0.3, -0.25) is 0 Å². The van der Waals surface area contributed by atoms with E-state index in [-0.39, 0.29) is 16.1 Å². The average Bonchev–Trinajstić information content (AvgIpc) is 3.08. The SMILES string of the molecule is COc1cnc(Cl)nc1OCC12C3C4C1C1C2C3C41c1nc(C(F)(F)F)cn1C. The van der Waals surface area contributed by atoms with Gasteiger partial charge in [0.05, 0.1) is 19.9 Å². The van der Waals surface area contributed by atoms with Crippen LogP contribution in [0.2, 0.25) is 5.28 Å². The predicted octanol–water partition coefficient (Wildman–Crippen LogP) is 2.96. The minimum atomic E-state index is -4.40. The van der Waals surface area contributed by atoms with Crippen molar-refractivity contribution in [2.45, 2.75) is 11.6 Å². The first-order valence-corrected chi connectivity index (χ1v) is 9.96. The van der Waals surface area contributed by atoms with Crippen LogP contribution in [-0.2, 0) is 18.6 Å². The van der Waals surface area contributed by atoms with E-state index in [0.29, 0.717) is 59.6 Å². The molecule has 6 aliphatic carbocycles. The lowest BCUT2D eigenvalue weighted by atomic mass is 8.92. The number of hydrogen-bond donors (Lipinski definition) is 0. The maximum atomic E-state index is 13.1. The van der Waals surface area contributed by atoms with Crippen LogP contribution in [0.25, 0.3) is 0 Å². The number of aromatic nitrogens is 4. The van der Waals surface area contributed by atoms with Gasteiger partial charge in [0, 0.05) is 24.1 Å². The van der Waals surface area contributed by atoms with Crippen LogP contribution in [-0.4, -0.2) is 33.2 Å². The minimum Gasteiger partial charge on any atom is -0.490 e. The van der Waals surface area contributed by atoms with Gasteiger partial charge in [-0.1, -0.05) is 0 Å². The van der Waals surface area contributed by atoms with Crippen LogP contribution in [0.3, 0.4) is 0 Å². The Morgan fingerprint density at radius 2 is 1.79 bits per heavy atom. The van der Waals surface area contributed by atoms with Gasteiger partial charge in [0.2, 0.25) is 5.28 Å². The molecule has 10 heteroatoms. The molecular weight excluding hydrogens is 409 g/mol. The van der Waals surface area contributed by atoms with Gasteiger partial charge in [-0.15, -0.1) is 0 Å². The molecule has 2 aromatic heterocycles. The molecule has 6 aliphatic rings. The molecule has 0 saturated heterocycles. The first-order chi connectivity index (χ1) is 13.8. The maximum Gasteiger partial charge on any atom is 0.434 e. The van der Waals surface area contributed by atoms with Gasteiger partial charge in [-0.05, 0) is 47.1 Å². The highest BCUT2D eigenvalue weighted by molar-refractivity contribution is 6.28. The number of hydrogen-bond acceptors (Lipinski definition) is 5. The van der Waals surface area contributed by atoms with Gasteiger partial charge in [0.1, 0.15) is 5.82 Å². The quantitative estimate of drug-likeness (QED) is 0.691. The van der Waals surface area contributed by atoms with E-state index in [0.717, 1.165) is 6.20 Å². The normalized spacial score (nSPS) is 43.9. The third kappa shape index (κ3) is 1.41. The summed E-state index contributed by atoms with van der Waals surface area (Å²) < 4.78 is 52.1. The zero-order chi connectivity index (χ0) is 20.1. The first kappa shape index (κ1) is 16.7. The van der Waals surface area contributed by atoms with Crippen LogP contribution in [0, 0.1) is 40.9 Å². The number of rotatable bonds is 5. The lowest BCUT2D eigenvalue weighted by Crippen LogP contribution is -3.12. The fourth-order valence-corrected chi connectivity index (χ4v) is 8.39. The van der Waals surface area contributed by atoms with E-state index in [9.17, 15) is 13.2 Å². The molecule has 0 aromatic carbocycles. The van der Waals surface area contributed by atoms with Crippen molar-refractivity contribution >= 4 is 11.6 Å². The highest BCUT2D eigenvalue weighted by Crippen LogP contribution is 3.09. The average molecular weight is 425 g/mol. The molecule has 29 heavy (non-hydrogen) atoms. The lowest BCUT2D eigenvalue weighted by molar-refractivity contribution is -0.632. The molecule has 6 saturated carbocycles. The number of aryl methyl sites for hydroxylation is 1. The Kier molecular flexibility index (Phi) is 2.60. The standard InChI is InChI=1S/C19H16ClF3N4O2/c1-27-4-7(19(21,22)23)25-15(27)18-11-8-12(18)10-13(18)9(11)17(8,10)5-29-14-6(28-2)3-24-16(20)26-14/h3-4,8-13H,5H2,1-2H3. The number of ether oxygens (including phenoxy) is 2. The summed E-state index contributed by atoms with van der Waals surface area (Å²) in [5, 5.41) is 0.101. The molecule has 6 nitrogen and oxygen atoms in total. The Balaban J connectivity index is 1.13. The summed E-state index contributed by atoms with van der Waals surface area (Å²) in [5.74, 6) is 4.33. The summed E-state index contributed by atoms with van der Waals surface area (Å²) in [4.78, 5) is 12.0. The van der Waals surface area contributed by atoms with Crippen molar-refractivity contribution in [3.05, 3.63) is 29.2 Å². The highest BCUT2D eigenvalue weighted by atomic mass is 35.5. The Morgan fingerprint density at radius 3 is 2.34 bits per heavy atom. The van der Waals surface area contributed by atoms with Crippen molar-refractivity contribution < 1.29 is 22.6 Å². The molecule has 8 rings (SSSR count). The van der Waals surface area contributed by atoms with Crippen LogP contribution >= 0.6 is 11.6 Å². The van der Waals surface area contributed by atoms with Crippen LogP contribution in [0.4, 0.5) is 13.2 Å². The second-order valence-electron chi connectivity index (χ2n) is 9.06. The summed E-state index contributed by atoms with van der Waals surface area (Å²) >= 11 is 5.87. The van der Waals surface area contributed by atoms with Gasteiger partial charge in [0.25, 0.3) is 5.88 Å². The monoisotopic (exact) mass is 424 g/mol. The van der Waals surface area contributed by atoms with E-state index in [1.54, 1.807) is 11.6 Å². The van der Waals surface area contributed by atoms with E-state index >= 15 is 0 Å². The van der Waals surface area contributed by atoms with Crippen LogP contribution in [0.5, 0.6) is 11.6 Å². The number of methoxy groups -OCH3 is 1. The third-order valence-electron chi connectivity index (χ3n) is 8.76. The zero-order valence-corrected chi connectivity index (χ0v) is 16.2. The van der Waals surface area contributed by atoms with Crippen LogP contribution in [0.15, 0.2) is 12.4 Å². The van der Waals surface area contributed by atoms with E-state index in [4.69, 9.17) is 21.1 Å². The Labute approximate surface area is 168 Å². The second kappa shape index (κ2) is 4.50. The van der Waals surface area contributed by atoms with Gasteiger partial charge in [0.15, 0.2) is 11.4 Å². The topological polar surface area (TPSA) is 62.1 Å². The lowest BCUT2D eigenvalue weighted by Gasteiger charge is -3.10. The smallest absolute Gasteiger partial charge is 0.434 e. The van der Waals surface area contributed by atoms with Crippen LogP contribution < -0.4 is 9.47 Å².